The Morgan fingerprint density at radius 3 is 2.65 bits per heavy atom. The van der Waals surface area contributed by atoms with Crippen molar-refractivity contribution in [2.45, 2.75) is 52.5 Å². The van der Waals surface area contributed by atoms with Crippen molar-refractivity contribution in [2.24, 2.45) is 16.3 Å². The highest BCUT2D eigenvalue weighted by atomic mass is 16.4. The number of nitrogens with zero attached hydrogens (tertiary/aromatic N) is 1. The summed E-state index contributed by atoms with van der Waals surface area (Å²) in [6.07, 6.45) is 9.27. The summed E-state index contributed by atoms with van der Waals surface area (Å²) in [6, 6.07) is 0.173. The number of rotatable bonds is 8. The minimum absolute atomic E-state index is 0.173. The van der Waals surface area contributed by atoms with Crippen molar-refractivity contribution in [1.82, 2.24) is 5.32 Å². The minimum atomic E-state index is -0.245. The van der Waals surface area contributed by atoms with E-state index in [4.69, 9.17) is 17.4 Å². The molecule has 0 aromatic rings. The average Bonchev–Trinajstić information content (AvgIpc) is 2.32. The second-order valence-corrected chi connectivity index (χ2v) is 4.91. The monoisotopic (exact) mass is 239 g/mol. The molecule has 0 rings (SSSR count). The molecule has 0 heterocycles. The lowest BCUT2D eigenvalue weighted by molar-refractivity contribution is 0.304. The van der Waals surface area contributed by atoms with E-state index in [-0.39, 0.29) is 11.5 Å². The summed E-state index contributed by atoms with van der Waals surface area (Å²) in [5.74, 6) is 3.00. The van der Waals surface area contributed by atoms with Crippen molar-refractivity contribution >= 4 is 5.84 Å². The molecule has 1 atom stereocenters. The van der Waals surface area contributed by atoms with Gasteiger partial charge in [0.25, 0.3) is 0 Å². The average molecular weight is 239 g/mol. The Bertz CT molecular complexity index is 279. The molecule has 17 heavy (non-hydrogen) atoms. The van der Waals surface area contributed by atoms with Crippen LogP contribution in [0.25, 0.3) is 0 Å². The predicted molar refractivity (Wildman–Crippen MR) is 72.0 cm³/mol. The number of terminal acetylenes is 1. The minimum Gasteiger partial charge on any atom is -0.409 e. The van der Waals surface area contributed by atoms with Crippen molar-refractivity contribution in [3.8, 4) is 12.3 Å². The summed E-state index contributed by atoms with van der Waals surface area (Å²) in [4.78, 5) is 0. The summed E-state index contributed by atoms with van der Waals surface area (Å²) >= 11 is 0. The van der Waals surface area contributed by atoms with Crippen molar-refractivity contribution in [3.63, 3.8) is 0 Å². The van der Waals surface area contributed by atoms with E-state index in [9.17, 15) is 0 Å². The van der Waals surface area contributed by atoms with E-state index in [1.165, 1.54) is 0 Å². The maximum Gasteiger partial charge on any atom is 0.144 e. The molecule has 0 radical (unpaired) electrons. The van der Waals surface area contributed by atoms with Crippen LogP contribution >= 0.6 is 0 Å². The highest BCUT2D eigenvalue weighted by Gasteiger charge is 2.22. The summed E-state index contributed by atoms with van der Waals surface area (Å²) < 4.78 is 0. The zero-order chi connectivity index (χ0) is 13.3. The van der Waals surface area contributed by atoms with Crippen molar-refractivity contribution in [2.75, 3.05) is 6.54 Å². The number of unbranched alkanes of at least 4 members (excludes halogenated alkanes) is 1. The van der Waals surface area contributed by atoms with Gasteiger partial charge in [-0.1, -0.05) is 38.3 Å². The van der Waals surface area contributed by atoms with Gasteiger partial charge in [-0.15, -0.1) is 6.42 Å². The number of hydrogen-bond donors (Lipinski definition) is 3. The molecule has 0 fully saturated rings. The van der Waals surface area contributed by atoms with Gasteiger partial charge in [-0.05, 0) is 25.8 Å². The Hall–Kier alpha value is -1.21. The van der Waals surface area contributed by atoms with Gasteiger partial charge in [0, 0.05) is 5.41 Å². The second kappa shape index (κ2) is 7.97. The Balaban J connectivity index is 3.76. The van der Waals surface area contributed by atoms with Crippen LogP contribution in [0, 0.1) is 17.8 Å². The fourth-order valence-electron chi connectivity index (χ4n) is 1.55. The number of hydrogen-bond acceptors (Lipinski definition) is 3. The molecular formula is C13H25N3O. The third kappa shape index (κ3) is 6.18. The maximum atomic E-state index is 8.64. The largest absolute Gasteiger partial charge is 0.409 e. The van der Waals surface area contributed by atoms with Crippen LogP contribution in [-0.2, 0) is 0 Å². The maximum absolute atomic E-state index is 8.64. The number of oxime groups is 1. The molecule has 4 heteroatoms. The van der Waals surface area contributed by atoms with Crippen LogP contribution in [0.15, 0.2) is 5.16 Å². The van der Waals surface area contributed by atoms with Gasteiger partial charge in [0.2, 0.25) is 0 Å². The van der Waals surface area contributed by atoms with E-state index in [1.807, 2.05) is 13.8 Å². The van der Waals surface area contributed by atoms with E-state index in [0.29, 0.717) is 5.84 Å². The number of amidine groups is 1. The molecule has 4 N–H and O–H groups in total. The first kappa shape index (κ1) is 15.8. The molecule has 0 amide bonds. The molecule has 98 valence electrons. The standard InChI is InChI=1S/C13H25N3O/c1-5-11(6-2)15-10-8-7-9-13(3,4)12(14)16-17/h1,11,15,17H,6-10H2,2-4H3,(H2,14,16). The first-order valence-corrected chi connectivity index (χ1v) is 6.15. The van der Waals surface area contributed by atoms with E-state index in [2.05, 4.69) is 23.3 Å². The number of nitrogens with two attached hydrogens (primary N) is 1. The Kier molecular flexibility index (Phi) is 7.40. The molecule has 0 aromatic heterocycles. The molecule has 0 aromatic carbocycles. The van der Waals surface area contributed by atoms with Crippen molar-refractivity contribution in [3.05, 3.63) is 0 Å². The molecule has 4 nitrogen and oxygen atoms in total. The highest BCUT2D eigenvalue weighted by Crippen LogP contribution is 2.23. The van der Waals surface area contributed by atoms with Crippen LogP contribution in [0.3, 0.4) is 0 Å². The Morgan fingerprint density at radius 1 is 1.53 bits per heavy atom. The first-order valence-electron chi connectivity index (χ1n) is 6.15. The van der Waals surface area contributed by atoms with Gasteiger partial charge in [0.1, 0.15) is 5.84 Å². The van der Waals surface area contributed by atoms with Gasteiger partial charge >= 0.3 is 0 Å². The quantitative estimate of drug-likeness (QED) is 0.151. The van der Waals surface area contributed by atoms with Gasteiger partial charge < -0.3 is 16.3 Å². The smallest absolute Gasteiger partial charge is 0.144 e. The van der Waals surface area contributed by atoms with Crippen molar-refractivity contribution < 1.29 is 5.21 Å². The fraction of sp³-hybridized carbons (Fsp3) is 0.769. The lowest BCUT2D eigenvalue weighted by atomic mass is 9.86. The summed E-state index contributed by atoms with van der Waals surface area (Å²) in [7, 11) is 0. The Labute approximate surface area is 105 Å². The molecule has 0 saturated carbocycles. The van der Waals surface area contributed by atoms with Crippen molar-refractivity contribution in [1.29, 1.82) is 0 Å². The molecule has 0 aliphatic heterocycles. The zero-order valence-electron chi connectivity index (χ0n) is 11.2. The molecule has 0 saturated heterocycles. The summed E-state index contributed by atoms with van der Waals surface area (Å²) in [5.41, 5.74) is 5.37. The van der Waals surface area contributed by atoms with Crippen LogP contribution in [0.5, 0.6) is 0 Å². The van der Waals surface area contributed by atoms with Gasteiger partial charge in [-0.25, -0.2) is 0 Å². The topological polar surface area (TPSA) is 70.6 Å². The first-order chi connectivity index (χ1) is 7.97. The SMILES string of the molecule is C#CC(CC)NCCCCC(C)(C)C(N)=NO. The van der Waals surface area contributed by atoms with Crippen LogP contribution < -0.4 is 11.1 Å². The van der Waals surface area contributed by atoms with E-state index >= 15 is 0 Å². The second-order valence-electron chi connectivity index (χ2n) is 4.91. The summed E-state index contributed by atoms with van der Waals surface area (Å²) in [5, 5.41) is 15.0. The normalized spacial score (nSPS) is 14.4. The molecule has 0 spiro atoms. The molecule has 0 bridgehead atoms. The van der Waals surface area contributed by atoms with Crippen LogP contribution in [0.2, 0.25) is 0 Å². The van der Waals surface area contributed by atoms with Crippen LogP contribution in [0.1, 0.15) is 46.5 Å². The lowest BCUT2D eigenvalue weighted by Crippen LogP contribution is -2.32. The lowest BCUT2D eigenvalue weighted by Gasteiger charge is -2.22. The molecule has 1 unspecified atom stereocenters. The van der Waals surface area contributed by atoms with Crippen LogP contribution in [-0.4, -0.2) is 23.6 Å². The van der Waals surface area contributed by atoms with Gasteiger partial charge in [-0.2, -0.15) is 0 Å². The third-order valence-electron chi connectivity index (χ3n) is 3.03. The Morgan fingerprint density at radius 2 is 2.18 bits per heavy atom. The molecule has 0 aliphatic rings. The highest BCUT2D eigenvalue weighted by molar-refractivity contribution is 5.85. The van der Waals surface area contributed by atoms with E-state index in [0.717, 1.165) is 32.2 Å². The van der Waals surface area contributed by atoms with Crippen LogP contribution in [0.4, 0.5) is 0 Å². The van der Waals surface area contributed by atoms with Gasteiger partial charge in [0.05, 0.1) is 6.04 Å². The number of nitrogens with one attached hydrogen (secondary N) is 1. The predicted octanol–water partition coefficient (Wildman–Crippen LogP) is 1.93. The fourth-order valence-corrected chi connectivity index (χ4v) is 1.55. The van der Waals surface area contributed by atoms with E-state index < -0.39 is 0 Å². The third-order valence-corrected chi connectivity index (χ3v) is 3.03. The van der Waals surface area contributed by atoms with Gasteiger partial charge in [0.15, 0.2) is 0 Å². The molecule has 0 aliphatic carbocycles. The molecular weight excluding hydrogens is 214 g/mol. The van der Waals surface area contributed by atoms with Gasteiger partial charge in [-0.3, -0.25) is 0 Å². The summed E-state index contributed by atoms with van der Waals surface area (Å²) in [6.45, 7) is 6.94. The zero-order valence-corrected chi connectivity index (χ0v) is 11.2. The van der Waals surface area contributed by atoms with E-state index in [1.54, 1.807) is 0 Å².